The normalized spacial score (nSPS) is 55.4. The highest BCUT2D eigenvalue weighted by Crippen LogP contribution is 2.40. The van der Waals surface area contributed by atoms with Gasteiger partial charge in [-0.05, 0) is 6.42 Å². The van der Waals surface area contributed by atoms with Gasteiger partial charge in [0.05, 0.1) is 51.8 Å². The molecule has 0 aromatic rings. The van der Waals surface area contributed by atoms with Gasteiger partial charge in [-0.15, -0.1) is 0 Å². The second-order valence-corrected chi connectivity index (χ2v) is 20.2. The third kappa shape index (κ3) is 12.1. The van der Waals surface area contributed by atoms with Crippen LogP contribution < -0.4 is 0 Å². The van der Waals surface area contributed by atoms with E-state index in [0.29, 0.717) is 0 Å². The van der Waals surface area contributed by atoms with Crippen LogP contribution in [0.4, 0.5) is 0 Å². The van der Waals surface area contributed by atoms with Crippen molar-refractivity contribution in [3.05, 3.63) is 0 Å². The number of ether oxygens (including phenoxy) is 14. The van der Waals surface area contributed by atoms with E-state index in [9.17, 15) is 97.0 Å². The lowest BCUT2D eigenvalue weighted by Gasteiger charge is -2.50. The summed E-state index contributed by atoms with van der Waals surface area (Å²) in [7, 11) is 0. The van der Waals surface area contributed by atoms with Crippen molar-refractivity contribution in [2.24, 2.45) is 5.92 Å². The molecule has 0 aliphatic carbocycles. The summed E-state index contributed by atoms with van der Waals surface area (Å²) in [4.78, 5) is 0. The first-order chi connectivity index (χ1) is 36.7. The van der Waals surface area contributed by atoms with Crippen LogP contribution in [0.15, 0.2) is 0 Å². The number of rotatable bonds is 7. The van der Waals surface area contributed by atoms with E-state index in [4.69, 9.17) is 66.3 Å². The van der Waals surface area contributed by atoms with Crippen LogP contribution in [0.5, 0.6) is 0 Å². The standard InChI is InChI=1S/C44H74O33/c1-3-11-32-19(52)25(58)39(64-11)74-34-15(7-48)69-43(29(62)23(34)56)77-37-17(9-50)70-44(30(63)24(37)57)75-35-14(6-47)66-40(26(59)20(35)53)71-31-10(2)18(51)38(65-12(31)4-45)73-33-13(5-46)68-42(28(61)21(33)54)76-36-16(8-49)67-41(72-32)27(60)22(36)55/h10-63H,3-9H2,1-2H3. The van der Waals surface area contributed by atoms with Crippen LogP contribution in [0, 0.1) is 5.92 Å². The molecule has 77 heavy (non-hydrogen) atoms. The molecule has 0 spiro atoms. The smallest absolute Gasteiger partial charge is 0.187 e. The minimum atomic E-state index is -2.15. The lowest BCUT2D eigenvalue weighted by Crippen LogP contribution is -2.68. The largest absolute Gasteiger partial charge is 0.394 e. The Kier molecular flexibility index (Phi) is 20.9. The van der Waals surface area contributed by atoms with Gasteiger partial charge in [-0.25, -0.2) is 0 Å². The first-order valence-electron chi connectivity index (χ1n) is 25.3. The molecule has 35 atom stereocenters. The summed E-state index contributed by atoms with van der Waals surface area (Å²) in [5.74, 6) is -1.15. The zero-order chi connectivity index (χ0) is 56.1. The Morgan fingerprint density at radius 1 is 0.221 bits per heavy atom. The highest BCUT2D eigenvalue weighted by molar-refractivity contribution is 5.01. The van der Waals surface area contributed by atoms with Crippen molar-refractivity contribution < 1.29 is 163 Å². The topological polar surface area (TPSA) is 514 Å². The monoisotopic (exact) mass is 1130 g/mol. The van der Waals surface area contributed by atoms with Crippen molar-refractivity contribution in [2.75, 3.05) is 39.6 Å². The fraction of sp³-hybridized carbons (Fsp3) is 1.00. The van der Waals surface area contributed by atoms with Crippen molar-refractivity contribution in [3.63, 3.8) is 0 Å². The van der Waals surface area contributed by atoms with Gasteiger partial charge >= 0.3 is 0 Å². The second-order valence-electron chi connectivity index (χ2n) is 20.2. The predicted octanol–water partition coefficient (Wildman–Crippen LogP) is -12.5. The molecule has 14 bridgehead atoms. The third-order valence-electron chi connectivity index (χ3n) is 15.4. The van der Waals surface area contributed by atoms with Crippen molar-refractivity contribution >= 4 is 0 Å². The maximum Gasteiger partial charge on any atom is 0.187 e. The highest BCUT2D eigenvalue weighted by atomic mass is 16.8. The summed E-state index contributed by atoms with van der Waals surface area (Å²) >= 11 is 0. The van der Waals surface area contributed by atoms with Gasteiger partial charge in [-0.1, -0.05) is 13.8 Å². The fourth-order valence-electron chi connectivity index (χ4n) is 10.8. The minimum absolute atomic E-state index is 0.0344. The first kappa shape index (κ1) is 61.7. The predicted molar refractivity (Wildman–Crippen MR) is 235 cm³/mol. The number of hydrogen-bond donors (Lipinski definition) is 19. The molecule has 0 aromatic carbocycles. The molecule has 448 valence electrons. The molecule has 21 rings (SSSR count). The van der Waals surface area contributed by atoms with Crippen LogP contribution in [0.25, 0.3) is 0 Å². The van der Waals surface area contributed by atoms with E-state index in [0.717, 1.165) is 0 Å². The van der Waals surface area contributed by atoms with E-state index < -0.39 is 254 Å². The molecule has 21 saturated heterocycles. The van der Waals surface area contributed by atoms with Crippen LogP contribution >= 0.6 is 0 Å². The van der Waals surface area contributed by atoms with Gasteiger partial charge in [0.25, 0.3) is 0 Å². The summed E-state index contributed by atoms with van der Waals surface area (Å²) in [6.07, 6.45) is -63.3. The van der Waals surface area contributed by atoms with Crippen LogP contribution in [0.3, 0.4) is 0 Å². The molecule has 35 unspecified atom stereocenters. The Morgan fingerprint density at radius 3 is 0.597 bits per heavy atom. The molecule has 0 amide bonds. The molecule has 19 N–H and O–H groups in total. The summed E-state index contributed by atoms with van der Waals surface area (Å²) in [5.41, 5.74) is 0. The molecule has 21 heterocycles. The van der Waals surface area contributed by atoms with E-state index in [2.05, 4.69) is 0 Å². The van der Waals surface area contributed by atoms with Gasteiger partial charge in [-0.3, -0.25) is 0 Å². The maximum atomic E-state index is 11.5. The average molecular weight is 1130 g/mol. The fourth-order valence-corrected chi connectivity index (χ4v) is 10.8. The summed E-state index contributed by atoms with van der Waals surface area (Å²) in [6, 6.07) is 0. The van der Waals surface area contributed by atoms with E-state index in [1.807, 2.05) is 0 Å². The molecule has 33 heteroatoms. The SMILES string of the molecule is CCC1OC2OC3C(CO)OC(OC4C(CO)OC(OC5C(CO)OC(OC6C(CO)OC(OC7C(CO)OC(OC8C(CO)OC(OC1C(O)C2O)C(O)C8O)C(O)C7O)C(O)C6C)C(O)C5O)C(O)C4O)C(O)C3O. The summed E-state index contributed by atoms with van der Waals surface area (Å²) in [6.45, 7) is -2.85. The number of aliphatic hydroxyl groups is 19. The molecule has 0 radical (unpaired) electrons. The summed E-state index contributed by atoms with van der Waals surface area (Å²) in [5, 5.41) is 210. The van der Waals surface area contributed by atoms with Gasteiger partial charge in [0.15, 0.2) is 44.0 Å². The Morgan fingerprint density at radius 2 is 0.390 bits per heavy atom. The van der Waals surface area contributed by atoms with Crippen molar-refractivity contribution in [1.82, 2.24) is 0 Å². The molecule has 21 aliphatic rings. The van der Waals surface area contributed by atoms with E-state index in [1.165, 1.54) is 6.92 Å². The average Bonchev–Trinajstić information content (AvgIpc) is 3.47. The van der Waals surface area contributed by atoms with Crippen molar-refractivity contribution in [1.29, 1.82) is 0 Å². The Hall–Kier alpha value is -1.32. The molecular weight excluding hydrogens is 1060 g/mol. The minimum Gasteiger partial charge on any atom is -0.394 e. The number of hydrogen-bond acceptors (Lipinski definition) is 33. The first-order valence-corrected chi connectivity index (χ1v) is 25.3. The van der Waals surface area contributed by atoms with Crippen LogP contribution in [-0.4, -0.2) is 346 Å². The zero-order valence-electron chi connectivity index (χ0n) is 41.4. The molecular formula is C44H74O33. The van der Waals surface area contributed by atoms with Gasteiger partial charge in [-0.2, -0.15) is 0 Å². The summed E-state index contributed by atoms with van der Waals surface area (Å²) < 4.78 is 81.3. The van der Waals surface area contributed by atoms with E-state index in [-0.39, 0.29) is 6.42 Å². The maximum absolute atomic E-state index is 11.5. The highest BCUT2D eigenvalue weighted by Gasteiger charge is 2.59. The lowest BCUT2D eigenvalue weighted by molar-refractivity contribution is -0.395. The van der Waals surface area contributed by atoms with Gasteiger partial charge in [0.1, 0.15) is 153 Å². The van der Waals surface area contributed by atoms with Crippen molar-refractivity contribution in [3.8, 4) is 0 Å². The quantitative estimate of drug-likeness (QED) is 0.113. The van der Waals surface area contributed by atoms with Crippen LogP contribution in [0.1, 0.15) is 20.3 Å². The Balaban J connectivity index is 1.08. The Bertz CT molecular complexity index is 1470. The van der Waals surface area contributed by atoms with Gasteiger partial charge in [0, 0.05) is 5.92 Å². The third-order valence-corrected chi connectivity index (χ3v) is 15.4. The van der Waals surface area contributed by atoms with Gasteiger partial charge in [0.2, 0.25) is 0 Å². The van der Waals surface area contributed by atoms with Crippen LogP contribution in [-0.2, 0) is 66.3 Å². The van der Waals surface area contributed by atoms with E-state index >= 15 is 0 Å². The molecule has 21 aliphatic heterocycles. The molecule has 21 fully saturated rings. The lowest BCUT2D eigenvalue weighted by atomic mass is 9.90. The molecule has 33 nitrogen and oxygen atoms in total. The second kappa shape index (κ2) is 26.1. The molecule has 0 saturated carbocycles. The molecule has 0 aromatic heterocycles. The Labute approximate surface area is 437 Å². The number of aliphatic hydroxyl groups excluding tert-OH is 19. The van der Waals surface area contributed by atoms with Crippen LogP contribution in [0.2, 0.25) is 0 Å². The zero-order valence-corrected chi connectivity index (χ0v) is 41.4. The van der Waals surface area contributed by atoms with E-state index in [1.54, 1.807) is 6.92 Å². The van der Waals surface area contributed by atoms with Crippen molar-refractivity contribution in [2.45, 2.75) is 229 Å². The van der Waals surface area contributed by atoms with Gasteiger partial charge < -0.3 is 163 Å².